The molecule has 1 aliphatic heterocycles. The molecular formula is C24H21N3O2. The van der Waals surface area contributed by atoms with E-state index in [1.54, 1.807) is 6.20 Å². The van der Waals surface area contributed by atoms with Gasteiger partial charge in [-0.15, -0.1) is 0 Å². The lowest BCUT2D eigenvalue weighted by Crippen LogP contribution is -2.18. The van der Waals surface area contributed by atoms with Crippen LogP contribution in [0.4, 0.5) is 5.69 Å². The molecule has 144 valence electrons. The summed E-state index contributed by atoms with van der Waals surface area (Å²) in [7, 11) is 0. The van der Waals surface area contributed by atoms with E-state index in [0.29, 0.717) is 23.6 Å². The van der Waals surface area contributed by atoms with Crippen LogP contribution in [0.25, 0.3) is 22.8 Å². The summed E-state index contributed by atoms with van der Waals surface area (Å²) in [6.45, 7) is 0. The number of nitriles is 1. The standard InChI is InChI=1S/C24H21N3O2/c25-13-20-12-19(6-5-16(20)4-3-15-1-2-15)24-26-14-22(29-24)18-7-9-21-17(11-18)8-10-23(28)27-21/h5-7,9,11-12,14-15H,1-4,8,10H2,(H,27,28). The van der Waals surface area contributed by atoms with E-state index < -0.39 is 0 Å². The van der Waals surface area contributed by atoms with Gasteiger partial charge in [-0.1, -0.05) is 18.9 Å². The fourth-order valence-electron chi connectivity index (χ4n) is 3.88. The van der Waals surface area contributed by atoms with Gasteiger partial charge in [-0.3, -0.25) is 4.79 Å². The largest absolute Gasteiger partial charge is 0.436 e. The van der Waals surface area contributed by atoms with Crippen molar-refractivity contribution in [1.29, 1.82) is 5.26 Å². The Morgan fingerprint density at radius 3 is 2.83 bits per heavy atom. The first kappa shape index (κ1) is 17.7. The average Bonchev–Trinajstić information content (AvgIpc) is 3.45. The van der Waals surface area contributed by atoms with Crippen LogP contribution < -0.4 is 5.32 Å². The number of aromatic nitrogens is 1. The van der Waals surface area contributed by atoms with Crippen LogP contribution in [0.3, 0.4) is 0 Å². The maximum Gasteiger partial charge on any atom is 0.226 e. The third-order valence-electron chi connectivity index (χ3n) is 5.79. The minimum absolute atomic E-state index is 0.0566. The van der Waals surface area contributed by atoms with Crippen molar-refractivity contribution in [3.63, 3.8) is 0 Å². The molecule has 1 saturated carbocycles. The molecule has 1 aromatic heterocycles. The Morgan fingerprint density at radius 1 is 1.14 bits per heavy atom. The van der Waals surface area contributed by atoms with E-state index in [1.807, 2.05) is 36.4 Å². The topological polar surface area (TPSA) is 78.9 Å². The number of hydrogen-bond acceptors (Lipinski definition) is 4. The van der Waals surface area contributed by atoms with E-state index in [0.717, 1.165) is 53.1 Å². The molecule has 2 aromatic carbocycles. The molecule has 3 aromatic rings. The number of hydrogen-bond donors (Lipinski definition) is 1. The molecule has 2 aliphatic rings. The number of carbonyl (C=O) groups excluding carboxylic acids is 1. The Morgan fingerprint density at radius 2 is 2.00 bits per heavy atom. The van der Waals surface area contributed by atoms with Crippen LogP contribution in [0, 0.1) is 17.2 Å². The third-order valence-corrected chi connectivity index (χ3v) is 5.79. The van der Waals surface area contributed by atoms with Crippen molar-refractivity contribution < 1.29 is 9.21 Å². The minimum atomic E-state index is 0.0566. The molecule has 2 heterocycles. The predicted molar refractivity (Wildman–Crippen MR) is 110 cm³/mol. The number of nitrogens with one attached hydrogen (secondary N) is 1. The van der Waals surface area contributed by atoms with E-state index in [1.165, 1.54) is 12.8 Å². The lowest BCUT2D eigenvalue weighted by Gasteiger charge is -2.16. The summed E-state index contributed by atoms with van der Waals surface area (Å²) >= 11 is 0. The zero-order valence-corrected chi connectivity index (χ0v) is 16.1. The number of rotatable bonds is 5. The molecule has 1 N–H and O–H groups in total. The zero-order valence-electron chi connectivity index (χ0n) is 16.1. The van der Waals surface area contributed by atoms with Crippen LogP contribution in [-0.2, 0) is 17.6 Å². The predicted octanol–water partition coefficient (Wildman–Crippen LogP) is 5.11. The fraction of sp³-hybridized carbons (Fsp3) is 0.292. The second-order valence-corrected chi connectivity index (χ2v) is 7.92. The molecule has 1 aliphatic carbocycles. The van der Waals surface area contributed by atoms with Gasteiger partial charge in [0.2, 0.25) is 11.8 Å². The molecule has 0 spiro atoms. The lowest BCUT2D eigenvalue weighted by molar-refractivity contribution is -0.116. The monoisotopic (exact) mass is 383 g/mol. The Hall–Kier alpha value is -3.39. The Bertz CT molecular complexity index is 1140. The number of anilines is 1. The van der Waals surface area contributed by atoms with Crippen LogP contribution in [0.15, 0.2) is 47.0 Å². The summed E-state index contributed by atoms with van der Waals surface area (Å²) in [5, 5.41) is 12.4. The molecule has 0 saturated heterocycles. The number of benzene rings is 2. The van der Waals surface area contributed by atoms with E-state index in [4.69, 9.17) is 4.42 Å². The summed E-state index contributed by atoms with van der Waals surface area (Å²) in [5.74, 6) is 2.09. The van der Waals surface area contributed by atoms with Crippen molar-refractivity contribution in [3.8, 4) is 28.8 Å². The minimum Gasteiger partial charge on any atom is -0.436 e. The van der Waals surface area contributed by atoms with Gasteiger partial charge in [0, 0.05) is 23.2 Å². The quantitative estimate of drug-likeness (QED) is 0.664. The number of fused-ring (bicyclic) bond motifs is 1. The molecule has 5 rings (SSSR count). The Kier molecular flexibility index (Phi) is 4.40. The van der Waals surface area contributed by atoms with Gasteiger partial charge >= 0.3 is 0 Å². The highest BCUT2D eigenvalue weighted by atomic mass is 16.4. The fourth-order valence-corrected chi connectivity index (χ4v) is 3.88. The van der Waals surface area contributed by atoms with Gasteiger partial charge in [-0.25, -0.2) is 4.98 Å². The summed E-state index contributed by atoms with van der Waals surface area (Å²) in [4.78, 5) is 16.0. The number of carbonyl (C=O) groups is 1. The number of nitrogens with zero attached hydrogens (tertiary/aromatic N) is 2. The van der Waals surface area contributed by atoms with Gasteiger partial charge in [0.05, 0.1) is 17.8 Å². The van der Waals surface area contributed by atoms with Gasteiger partial charge < -0.3 is 9.73 Å². The van der Waals surface area contributed by atoms with Crippen molar-refractivity contribution in [2.75, 3.05) is 5.32 Å². The number of amides is 1. The summed E-state index contributed by atoms with van der Waals surface area (Å²) < 4.78 is 6.01. The average molecular weight is 383 g/mol. The van der Waals surface area contributed by atoms with Gasteiger partial charge in [0.1, 0.15) is 0 Å². The van der Waals surface area contributed by atoms with Crippen LogP contribution in [0.1, 0.15) is 42.4 Å². The highest BCUT2D eigenvalue weighted by molar-refractivity contribution is 5.94. The Balaban J connectivity index is 1.40. The maximum absolute atomic E-state index is 11.5. The third kappa shape index (κ3) is 3.66. The smallest absolute Gasteiger partial charge is 0.226 e. The molecule has 0 radical (unpaired) electrons. The SMILES string of the molecule is N#Cc1cc(-c2ncc(-c3ccc4c(c3)CCC(=O)N4)o2)ccc1CCC1CC1. The summed E-state index contributed by atoms with van der Waals surface area (Å²) in [6, 6.07) is 14.1. The van der Waals surface area contributed by atoms with Crippen molar-refractivity contribution in [2.45, 2.75) is 38.5 Å². The van der Waals surface area contributed by atoms with Gasteiger partial charge in [-0.05, 0) is 66.6 Å². The maximum atomic E-state index is 11.5. The first-order chi connectivity index (χ1) is 14.2. The molecule has 0 unspecified atom stereocenters. The summed E-state index contributed by atoms with van der Waals surface area (Å²) in [5.41, 5.74) is 5.52. The van der Waals surface area contributed by atoms with Crippen LogP contribution in [0.2, 0.25) is 0 Å². The molecule has 1 amide bonds. The van der Waals surface area contributed by atoms with E-state index >= 15 is 0 Å². The highest BCUT2D eigenvalue weighted by Gasteiger charge is 2.21. The molecule has 29 heavy (non-hydrogen) atoms. The first-order valence-electron chi connectivity index (χ1n) is 10.1. The number of oxazole rings is 1. The summed E-state index contributed by atoms with van der Waals surface area (Å²) in [6.07, 6.45) is 7.71. The highest BCUT2D eigenvalue weighted by Crippen LogP contribution is 2.35. The normalized spacial score (nSPS) is 15.5. The molecule has 0 atom stereocenters. The van der Waals surface area contributed by atoms with Crippen LogP contribution in [-0.4, -0.2) is 10.9 Å². The molecule has 5 heteroatoms. The van der Waals surface area contributed by atoms with Gasteiger partial charge in [-0.2, -0.15) is 5.26 Å². The van der Waals surface area contributed by atoms with E-state index in [9.17, 15) is 10.1 Å². The first-order valence-corrected chi connectivity index (χ1v) is 10.1. The Labute approximate surface area is 169 Å². The lowest BCUT2D eigenvalue weighted by atomic mass is 9.99. The van der Waals surface area contributed by atoms with Gasteiger partial charge in [0.15, 0.2) is 5.76 Å². The van der Waals surface area contributed by atoms with Crippen molar-refractivity contribution in [2.24, 2.45) is 5.92 Å². The van der Waals surface area contributed by atoms with Gasteiger partial charge in [0.25, 0.3) is 0 Å². The molecular weight excluding hydrogens is 362 g/mol. The molecule has 5 nitrogen and oxygen atoms in total. The van der Waals surface area contributed by atoms with E-state index in [2.05, 4.69) is 16.4 Å². The van der Waals surface area contributed by atoms with E-state index in [-0.39, 0.29) is 5.91 Å². The zero-order chi connectivity index (χ0) is 19.8. The van der Waals surface area contributed by atoms with Crippen molar-refractivity contribution >= 4 is 11.6 Å². The van der Waals surface area contributed by atoms with Crippen LogP contribution >= 0.6 is 0 Å². The second kappa shape index (κ2) is 7.21. The van der Waals surface area contributed by atoms with Crippen LogP contribution in [0.5, 0.6) is 0 Å². The van der Waals surface area contributed by atoms with Crippen molar-refractivity contribution in [3.05, 3.63) is 59.3 Å². The molecule has 1 fully saturated rings. The molecule has 0 bridgehead atoms. The number of aryl methyl sites for hydroxylation is 2. The van der Waals surface area contributed by atoms with Crippen molar-refractivity contribution in [1.82, 2.24) is 4.98 Å². The second-order valence-electron chi connectivity index (χ2n) is 7.92.